The SMILES string of the molecule is CCN1CCCC1CNC(=O)C1(N)CCOC1. The smallest absolute Gasteiger partial charge is 0.242 e. The summed E-state index contributed by atoms with van der Waals surface area (Å²) in [5.74, 6) is -0.0575. The average molecular weight is 241 g/mol. The highest BCUT2D eigenvalue weighted by atomic mass is 16.5. The highest BCUT2D eigenvalue weighted by Gasteiger charge is 2.38. The topological polar surface area (TPSA) is 67.6 Å². The Bertz CT molecular complexity index is 277. The van der Waals surface area contributed by atoms with Crippen molar-refractivity contribution < 1.29 is 9.53 Å². The monoisotopic (exact) mass is 241 g/mol. The van der Waals surface area contributed by atoms with Crippen molar-refractivity contribution in [3.05, 3.63) is 0 Å². The minimum Gasteiger partial charge on any atom is -0.379 e. The molecule has 2 aliphatic heterocycles. The maximum atomic E-state index is 12.0. The van der Waals surface area contributed by atoms with E-state index in [0.29, 0.717) is 32.2 Å². The van der Waals surface area contributed by atoms with Gasteiger partial charge in [0, 0.05) is 19.2 Å². The molecule has 0 spiro atoms. The van der Waals surface area contributed by atoms with Crippen molar-refractivity contribution >= 4 is 5.91 Å². The lowest BCUT2D eigenvalue weighted by Crippen LogP contribution is -2.56. The average Bonchev–Trinajstić information content (AvgIpc) is 2.95. The fourth-order valence-corrected chi connectivity index (χ4v) is 2.69. The molecule has 5 heteroatoms. The zero-order valence-electron chi connectivity index (χ0n) is 10.6. The van der Waals surface area contributed by atoms with Gasteiger partial charge in [0.2, 0.25) is 5.91 Å². The molecule has 2 aliphatic rings. The van der Waals surface area contributed by atoms with Crippen LogP contribution in [0.25, 0.3) is 0 Å². The van der Waals surface area contributed by atoms with Gasteiger partial charge in [-0.3, -0.25) is 9.69 Å². The first-order valence-electron chi connectivity index (χ1n) is 6.55. The molecule has 0 radical (unpaired) electrons. The number of nitrogens with two attached hydrogens (primary N) is 1. The van der Waals surface area contributed by atoms with Gasteiger partial charge >= 0.3 is 0 Å². The maximum Gasteiger partial charge on any atom is 0.242 e. The summed E-state index contributed by atoms with van der Waals surface area (Å²) in [6.07, 6.45) is 3.02. The van der Waals surface area contributed by atoms with Crippen LogP contribution in [0, 0.1) is 0 Å². The van der Waals surface area contributed by atoms with Gasteiger partial charge in [0.25, 0.3) is 0 Å². The van der Waals surface area contributed by atoms with Crippen LogP contribution in [0.15, 0.2) is 0 Å². The third kappa shape index (κ3) is 2.78. The van der Waals surface area contributed by atoms with E-state index in [0.717, 1.165) is 13.1 Å². The van der Waals surface area contributed by atoms with E-state index in [4.69, 9.17) is 10.5 Å². The molecule has 3 N–H and O–H groups in total. The van der Waals surface area contributed by atoms with Crippen LogP contribution in [0.2, 0.25) is 0 Å². The van der Waals surface area contributed by atoms with Crippen LogP contribution in [0.3, 0.4) is 0 Å². The zero-order valence-corrected chi connectivity index (χ0v) is 10.6. The third-order valence-electron chi connectivity index (χ3n) is 3.91. The Labute approximate surface area is 103 Å². The molecule has 2 rings (SSSR count). The predicted octanol–water partition coefficient (Wildman–Crippen LogP) is -0.295. The minimum atomic E-state index is -0.796. The second kappa shape index (κ2) is 5.33. The van der Waals surface area contributed by atoms with E-state index in [1.807, 2.05) is 0 Å². The summed E-state index contributed by atoms with van der Waals surface area (Å²) in [5, 5.41) is 2.99. The van der Waals surface area contributed by atoms with Crippen molar-refractivity contribution in [3.63, 3.8) is 0 Å². The molecule has 2 unspecified atom stereocenters. The molecule has 0 aromatic heterocycles. The van der Waals surface area contributed by atoms with Gasteiger partial charge in [-0.25, -0.2) is 0 Å². The van der Waals surface area contributed by atoms with Crippen molar-refractivity contribution in [1.29, 1.82) is 0 Å². The zero-order chi connectivity index (χ0) is 12.3. The van der Waals surface area contributed by atoms with Gasteiger partial charge in [-0.2, -0.15) is 0 Å². The number of likely N-dealkylation sites (N-methyl/N-ethyl adjacent to an activating group) is 1. The Hall–Kier alpha value is -0.650. The molecular formula is C12H23N3O2. The summed E-state index contributed by atoms with van der Waals surface area (Å²) in [4.78, 5) is 14.4. The Morgan fingerprint density at radius 3 is 3.12 bits per heavy atom. The van der Waals surface area contributed by atoms with E-state index >= 15 is 0 Å². The number of ether oxygens (including phenoxy) is 1. The maximum absolute atomic E-state index is 12.0. The van der Waals surface area contributed by atoms with Gasteiger partial charge in [-0.15, -0.1) is 0 Å². The van der Waals surface area contributed by atoms with E-state index in [1.165, 1.54) is 12.8 Å². The number of nitrogens with zero attached hydrogens (tertiary/aromatic N) is 1. The molecule has 2 fully saturated rings. The first-order chi connectivity index (χ1) is 8.15. The number of carbonyl (C=O) groups excluding carboxylic acids is 1. The van der Waals surface area contributed by atoms with Crippen molar-refractivity contribution in [2.24, 2.45) is 5.73 Å². The molecule has 2 heterocycles. The van der Waals surface area contributed by atoms with Crippen LogP contribution in [0.4, 0.5) is 0 Å². The third-order valence-corrected chi connectivity index (χ3v) is 3.91. The normalized spacial score (nSPS) is 34.1. The fraction of sp³-hybridized carbons (Fsp3) is 0.917. The number of hydrogen-bond donors (Lipinski definition) is 2. The van der Waals surface area contributed by atoms with Crippen molar-refractivity contribution in [1.82, 2.24) is 10.2 Å². The summed E-state index contributed by atoms with van der Waals surface area (Å²) in [6, 6.07) is 0.481. The van der Waals surface area contributed by atoms with Crippen LogP contribution in [-0.4, -0.2) is 55.2 Å². The predicted molar refractivity (Wildman–Crippen MR) is 65.6 cm³/mol. The van der Waals surface area contributed by atoms with Gasteiger partial charge in [0.1, 0.15) is 5.54 Å². The fourth-order valence-electron chi connectivity index (χ4n) is 2.69. The van der Waals surface area contributed by atoms with Gasteiger partial charge in [0.15, 0.2) is 0 Å². The van der Waals surface area contributed by atoms with Crippen LogP contribution in [0.1, 0.15) is 26.2 Å². The summed E-state index contributed by atoms with van der Waals surface area (Å²) in [6.45, 7) is 6.02. The first-order valence-corrected chi connectivity index (χ1v) is 6.55. The van der Waals surface area contributed by atoms with Gasteiger partial charge in [-0.1, -0.05) is 6.92 Å². The summed E-state index contributed by atoms with van der Waals surface area (Å²) < 4.78 is 5.20. The first kappa shape index (κ1) is 12.8. The minimum absolute atomic E-state index is 0.0575. The van der Waals surface area contributed by atoms with Crippen LogP contribution in [-0.2, 0) is 9.53 Å². The largest absolute Gasteiger partial charge is 0.379 e. The second-order valence-electron chi connectivity index (χ2n) is 5.09. The molecule has 0 aromatic carbocycles. The Balaban J connectivity index is 1.79. The van der Waals surface area contributed by atoms with Gasteiger partial charge in [0.05, 0.1) is 6.61 Å². The van der Waals surface area contributed by atoms with Crippen molar-refractivity contribution in [3.8, 4) is 0 Å². The molecule has 5 nitrogen and oxygen atoms in total. The highest BCUT2D eigenvalue weighted by molar-refractivity contribution is 5.86. The molecule has 1 amide bonds. The number of rotatable bonds is 4. The van der Waals surface area contributed by atoms with Gasteiger partial charge in [-0.05, 0) is 32.4 Å². The highest BCUT2D eigenvalue weighted by Crippen LogP contribution is 2.18. The molecular weight excluding hydrogens is 218 g/mol. The van der Waals surface area contributed by atoms with E-state index in [2.05, 4.69) is 17.1 Å². The number of nitrogens with one attached hydrogen (secondary N) is 1. The summed E-state index contributed by atoms with van der Waals surface area (Å²) in [7, 11) is 0. The van der Waals surface area contributed by atoms with E-state index in [-0.39, 0.29) is 5.91 Å². The van der Waals surface area contributed by atoms with E-state index in [9.17, 15) is 4.79 Å². The van der Waals surface area contributed by atoms with E-state index in [1.54, 1.807) is 0 Å². The number of carbonyl (C=O) groups is 1. The number of hydrogen-bond acceptors (Lipinski definition) is 4. The molecule has 0 aromatic rings. The molecule has 98 valence electrons. The van der Waals surface area contributed by atoms with Crippen molar-refractivity contribution in [2.75, 3.05) is 32.8 Å². The van der Waals surface area contributed by atoms with Crippen LogP contribution >= 0.6 is 0 Å². The summed E-state index contributed by atoms with van der Waals surface area (Å²) >= 11 is 0. The lowest BCUT2D eigenvalue weighted by molar-refractivity contribution is -0.126. The Morgan fingerprint density at radius 2 is 2.47 bits per heavy atom. The molecule has 17 heavy (non-hydrogen) atoms. The lowest BCUT2D eigenvalue weighted by atomic mass is 9.99. The summed E-state index contributed by atoms with van der Waals surface area (Å²) in [5.41, 5.74) is 5.21. The standard InChI is InChI=1S/C12H23N3O2/c1-2-15-6-3-4-10(15)8-14-11(16)12(13)5-7-17-9-12/h10H,2-9,13H2,1H3,(H,14,16). The second-order valence-corrected chi connectivity index (χ2v) is 5.09. The molecule has 2 saturated heterocycles. The Kier molecular flexibility index (Phi) is 4.01. The Morgan fingerprint density at radius 1 is 1.65 bits per heavy atom. The van der Waals surface area contributed by atoms with Gasteiger partial charge < -0.3 is 15.8 Å². The van der Waals surface area contributed by atoms with Crippen LogP contribution in [0.5, 0.6) is 0 Å². The van der Waals surface area contributed by atoms with Crippen LogP contribution < -0.4 is 11.1 Å². The van der Waals surface area contributed by atoms with E-state index < -0.39 is 5.54 Å². The number of amides is 1. The number of likely N-dealkylation sites (tertiary alicyclic amines) is 1. The molecule has 2 atom stereocenters. The lowest BCUT2D eigenvalue weighted by Gasteiger charge is -2.26. The molecule has 0 saturated carbocycles. The quantitative estimate of drug-likeness (QED) is 0.709. The molecule has 0 aliphatic carbocycles. The molecule has 0 bridgehead atoms. The van der Waals surface area contributed by atoms with Crippen molar-refractivity contribution in [2.45, 2.75) is 37.8 Å².